The molecular weight excluding hydrogens is 230 g/mol. The summed E-state index contributed by atoms with van der Waals surface area (Å²) in [5.74, 6) is 0. The fourth-order valence-electron chi connectivity index (χ4n) is 1.76. The van der Waals surface area contributed by atoms with Crippen molar-refractivity contribution in [2.45, 2.75) is 20.8 Å². The quantitative estimate of drug-likeness (QED) is 0.875. The van der Waals surface area contributed by atoms with Gasteiger partial charge in [-0.25, -0.2) is 0 Å². The number of rotatable bonds is 2. The van der Waals surface area contributed by atoms with Crippen LogP contribution >= 0.6 is 11.5 Å². The van der Waals surface area contributed by atoms with Crippen LogP contribution in [-0.2, 0) is 0 Å². The Morgan fingerprint density at radius 3 is 2.41 bits per heavy atom. The first kappa shape index (κ1) is 11.6. The van der Waals surface area contributed by atoms with E-state index in [1.54, 1.807) is 0 Å². The number of aromatic nitrogens is 1. The van der Waals surface area contributed by atoms with E-state index in [2.05, 4.69) is 47.8 Å². The number of nitriles is 1. The Balaban J connectivity index is 2.35. The molecule has 0 saturated carbocycles. The second-order valence-corrected chi connectivity index (χ2v) is 4.86. The van der Waals surface area contributed by atoms with Crippen molar-refractivity contribution in [2.75, 3.05) is 5.32 Å². The molecule has 1 N–H and O–H groups in total. The Labute approximate surface area is 105 Å². The van der Waals surface area contributed by atoms with Crippen LogP contribution < -0.4 is 5.32 Å². The molecule has 1 aromatic heterocycles. The van der Waals surface area contributed by atoms with Gasteiger partial charge in [-0.1, -0.05) is 6.07 Å². The van der Waals surface area contributed by atoms with Gasteiger partial charge in [0.25, 0.3) is 0 Å². The summed E-state index contributed by atoms with van der Waals surface area (Å²) in [7, 11) is 0. The van der Waals surface area contributed by atoms with Gasteiger partial charge >= 0.3 is 0 Å². The molecular formula is C13H13N3S. The molecule has 0 bridgehead atoms. The zero-order valence-corrected chi connectivity index (χ0v) is 10.9. The topological polar surface area (TPSA) is 48.7 Å². The fraction of sp³-hybridized carbons (Fsp3) is 0.231. The molecule has 0 aliphatic carbocycles. The third kappa shape index (κ3) is 2.45. The number of benzene rings is 1. The van der Waals surface area contributed by atoms with Crippen molar-refractivity contribution in [1.82, 2.24) is 4.37 Å². The highest BCUT2D eigenvalue weighted by Gasteiger charge is 2.10. The molecule has 0 aliphatic rings. The van der Waals surface area contributed by atoms with Gasteiger partial charge in [-0.3, -0.25) is 0 Å². The second-order valence-electron chi connectivity index (χ2n) is 4.09. The second kappa shape index (κ2) is 4.56. The zero-order chi connectivity index (χ0) is 12.4. The smallest absolute Gasteiger partial charge is 0.132 e. The average molecular weight is 243 g/mol. The van der Waals surface area contributed by atoms with Gasteiger partial charge in [0.05, 0.1) is 5.69 Å². The van der Waals surface area contributed by atoms with Crippen molar-refractivity contribution in [1.29, 1.82) is 5.26 Å². The van der Waals surface area contributed by atoms with Crippen molar-refractivity contribution in [2.24, 2.45) is 0 Å². The zero-order valence-electron chi connectivity index (χ0n) is 10.0. The Bertz CT molecular complexity index is 573. The summed E-state index contributed by atoms with van der Waals surface area (Å²) in [5.41, 5.74) is 4.82. The van der Waals surface area contributed by atoms with Crippen LogP contribution in [0.15, 0.2) is 18.2 Å². The Morgan fingerprint density at radius 1 is 1.18 bits per heavy atom. The third-order valence-corrected chi connectivity index (χ3v) is 3.31. The molecule has 2 aromatic rings. The van der Waals surface area contributed by atoms with Gasteiger partial charge < -0.3 is 5.32 Å². The number of nitrogens with one attached hydrogen (secondary N) is 1. The van der Waals surface area contributed by atoms with Crippen LogP contribution in [0.1, 0.15) is 22.4 Å². The molecule has 2 rings (SSSR count). The average Bonchev–Trinajstić information content (AvgIpc) is 2.57. The van der Waals surface area contributed by atoms with Crippen molar-refractivity contribution >= 4 is 22.2 Å². The minimum absolute atomic E-state index is 0.633. The fourth-order valence-corrected chi connectivity index (χ4v) is 2.53. The molecule has 17 heavy (non-hydrogen) atoms. The highest BCUT2D eigenvalue weighted by Crippen LogP contribution is 2.27. The van der Waals surface area contributed by atoms with E-state index in [1.807, 2.05) is 6.92 Å². The summed E-state index contributed by atoms with van der Waals surface area (Å²) >= 11 is 1.32. The number of aryl methyl sites for hydroxylation is 3. The molecule has 0 fully saturated rings. The molecule has 0 unspecified atom stereocenters. The van der Waals surface area contributed by atoms with Crippen LogP contribution in [0, 0.1) is 32.1 Å². The van der Waals surface area contributed by atoms with Gasteiger partial charge in [0.2, 0.25) is 0 Å². The van der Waals surface area contributed by atoms with E-state index in [-0.39, 0.29) is 0 Å². The van der Waals surface area contributed by atoms with Crippen LogP contribution in [0.4, 0.5) is 10.7 Å². The lowest BCUT2D eigenvalue weighted by molar-refractivity contribution is 1.31. The molecule has 0 amide bonds. The van der Waals surface area contributed by atoms with E-state index in [0.717, 1.165) is 16.4 Å². The predicted molar refractivity (Wildman–Crippen MR) is 70.8 cm³/mol. The minimum Gasteiger partial charge on any atom is -0.345 e. The third-order valence-electron chi connectivity index (χ3n) is 2.45. The monoisotopic (exact) mass is 243 g/mol. The SMILES string of the molecule is Cc1cc(C)cc(Nc2snc(C)c2C#N)c1. The maximum atomic E-state index is 9.05. The summed E-state index contributed by atoms with van der Waals surface area (Å²) in [6.45, 7) is 5.96. The molecule has 1 heterocycles. The Hall–Kier alpha value is -1.86. The number of hydrogen-bond acceptors (Lipinski definition) is 4. The van der Waals surface area contributed by atoms with Crippen LogP contribution in [0.3, 0.4) is 0 Å². The molecule has 3 nitrogen and oxygen atoms in total. The molecule has 0 aliphatic heterocycles. The van der Waals surface area contributed by atoms with Crippen molar-refractivity contribution in [3.05, 3.63) is 40.6 Å². The van der Waals surface area contributed by atoms with Gasteiger partial charge in [0.15, 0.2) is 0 Å². The first-order valence-electron chi connectivity index (χ1n) is 5.32. The molecule has 4 heteroatoms. The summed E-state index contributed by atoms with van der Waals surface area (Å²) in [5, 5.41) is 13.1. The van der Waals surface area contributed by atoms with Gasteiger partial charge in [-0.15, -0.1) is 0 Å². The first-order valence-corrected chi connectivity index (χ1v) is 6.09. The molecule has 1 aromatic carbocycles. The summed E-state index contributed by atoms with van der Waals surface area (Å²) in [6, 6.07) is 8.42. The summed E-state index contributed by atoms with van der Waals surface area (Å²) in [4.78, 5) is 0. The first-order chi connectivity index (χ1) is 8.10. The van der Waals surface area contributed by atoms with Crippen LogP contribution in [0.25, 0.3) is 0 Å². The van der Waals surface area contributed by atoms with Gasteiger partial charge in [-0.05, 0) is 55.6 Å². The molecule has 86 valence electrons. The normalized spacial score (nSPS) is 10.0. The molecule has 0 saturated heterocycles. The van der Waals surface area contributed by atoms with E-state index in [4.69, 9.17) is 5.26 Å². The van der Waals surface area contributed by atoms with E-state index in [9.17, 15) is 0 Å². The largest absolute Gasteiger partial charge is 0.345 e. The number of anilines is 2. The minimum atomic E-state index is 0.633. The highest BCUT2D eigenvalue weighted by molar-refractivity contribution is 7.10. The van der Waals surface area contributed by atoms with E-state index in [1.165, 1.54) is 22.7 Å². The lowest BCUT2D eigenvalue weighted by atomic mass is 10.1. The maximum Gasteiger partial charge on any atom is 0.132 e. The summed E-state index contributed by atoms with van der Waals surface area (Å²) in [6.07, 6.45) is 0. The van der Waals surface area contributed by atoms with Crippen molar-refractivity contribution < 1.29 is 0 Å². The van der Waals surface area contributed by atoms with E-state index in [0.29, 0.717) is 5.56 Å². The van der Waals surface area contributed by atoms with Gasteiger partial charge in [0.1, 0.15) is 16.6 Å². The molecule has 0 atom stereocenters. The number of nitrogens with zero attached hydrogens (tertiary/aromatic N) is 2. The highest BCUT2D eigenvalue weighted by atomic mass is 32.1. The maximum absolute atomic E-state index is 9.05. The van der Waals surface area contributed by atoms with Crippen LogP contribution in [-0.4, -0.2) is 4.37 Å². The van der Waals surface area contributed by atoms with Crippen LogP contribution in [0.2, 0.25) is 0 Å². The van der Waals surface area contributed by atoms with Gasteiger partial charge in [-0.2, -0.15) is 9.64 Å². The lowest BCUT2D eigenvalue weighted by Gasteiger charge is -2.06. The Morgan fingerprint density at radius 2 is 1.82 bits per heavy atom. The number of hydrogen-bond donors (Lipinski definition) is 1. The summed E-state index contributed by atoms with van der Waals surface area (Å²) < 4.78 is 4.19. The predicted octanol–water partition coefficient (Wildman–Crippen LogP) is 3.68. The molecule has 0 radical (unpaired) electrons. The standard InChI is InChI=1S/C13H13N3S/c1-8-4-9(2)6-11(5-8)15-13-12(7-14)10(3)16-17-13/h4-6,15H,1-3H3. The van der Waals surface area contributed by atoms with Crippen molar-refractivity contribution in [3.8, 4) is 6.07 Å². The van der Waals surface area contributed by atoms with E-state index >= 15 is 0 Å². The lowest BCUT2D eigenvalue weighted by Crippen LogP contribution is -1.92. The Kier molecular flexibility index (Phi) is 3.12. The van der Waals surface area contributed by atoms with Crippen molar-refractivity contribution in [3.63, 3.8) is 0 Å². The molecule has 0 spiro atoms. The van der Waals surface area contributed by atoms with Crippen LogP contribution in [0.5, 0.6) is 0 Å². The van der Waals surface area contributed by atoms with Gasteiger partial charge in [0, 0.05) is 5.69 Å². The van der Waals surface area contributed by atoms with E-state index < -0.39 is 0 Å².